The predicted molar refractivity (Wildman–Crippen MR) is 79.2 cm³/mol. The van der Waals surface area contributed by atoms with Gasteiger partial charge in [-0.1, -0.05) is 25.3 Å². The smallest absolute Gasteiger partial charge is 0.123 e. The molecule has 0 unspecified atom stereocenters. The first kappa shape index (κ1) is 14.4. The van der Waals surface area contributed by atoms with E-state index in [-0.39, 0.29) is 0 Å². The molecular weight excluding hydrogens is 236 g/mol. The van der Waals surface area contributed by atoms with Crippen molar-refractivity contribution in [2.45, 2.75) is 51.2 Å². The van der Waals surface area contributed by atoms with Crippen molar-refractivity contribution in [3.63, 3.8) is 0 Å². The van der Waals surface area contributed by atoms with Crippen molar-refractivity contribution in [2.75, 3.05) is 14.2 Å². The lowest BCUT2D eigenvalue weighted by Gasteiger charge is -2.31. The fourth-order valence-corrected chi connectivity index (χ4v) is 3.00. The van der Waals surface area contributed by atoms with Gasteiger partial charge in [-0.05, 0) is 37.6 Å². The van der Waals surface area contributed by atoms with Gasteiger partial charge in [-0.25, -0.2) is 0 Å². The molecule has 19 heavy (non-hydrogen) atoms. The normalized spacial score (nSPS) is 16.8. The van der Waals surface area contributed by atoms with Crippen LogP contribution in [0, 0.1) is 0 Å². The van der Waals surface area contributed by atoms with Gasteiger partial charge in [0.2, 0.25) is 0 Å². The van der Waals surface area contributed by atoms with Gasteiger partial charge in [0.15, 0.2) is 0 Å². The molecule has 1 aliphatic rings. The van der Waals surface area contributed by atoms with Crippen LogP contribution in [0.3, 0.4) is 0 Å². The maximum Gasteiger partial charge on any atom is 0.123 e. The first-order chi connectivity index (χ1) is 9.24. The number of hydrogen-bond donors (Lipinski definition) is 1. The highest BCUT2D eigenvalue weighted by Gasteiger charge is 2.19. The molecule has 1 aromatic rings. The van der Waals surface area contributed by atoms with Gasteiger partial charge in [0.1, 0.15) is 5.75 Å². The number of benzene rings is 1. The molecule has 0 amide bonds. The summed E-state index contributed by atoms with van der Waals surface area (Å²) in [7, 11) is 3.96. The van der Waals surface area contributed by atoms with E-state index in [1.54, 1.807) is 7.11 Å². The van der Waals surface area contributed by atoms with Crippen LogP contribution < -0.4 is 10.5 Å². The zero-order valence-corrected chi connectivity index (χ0v) is 12.2. The number of rotatable bonds is 5. The van der Waals surface area contributed by atoms with E-state index >= 15 is 0 Å². The number of ether oxygens (including phenoxy) is 1. The monoisotopic (exact) mass is 262 g/mol. The Morgan fingerprint density at radius 2 is 2.00 bits per heavy atom. The van der Waals surface area contributed by atoms with Crippen LogP contribution in [0.2, 0.25) is 0 Å². The Bertz CT molecular complexity index is 400. The lowest BCUT2D eigenvalue weighted by molar-refractivity contribution is 0.183. The van der Waals surface area contributed by atoms with Crippen LogP contribution in [0.15, 0.2) is 18.2 Å². The molecule has 1 saturated carbocycles. The Morgan fingerprint density at radius 1 is 1.26 bits per heavy atom. The molecule has 0 atom stereocenters. The second-order valence-corrected chi connectivity index (χ2v) is 5.56. The van der Waals surface area contributed by atoms with Crippen LogP contribution in [0.25, 0.3) is 0 Å². The molecule has 0 saturated heterocycles. The highest BCUT2D eigenvalue weighted by Crippen LogP contribution is 2.26. The summed E-state index contributed by atoms with van der Waals surface area (Å²) in [5.41, 5.74) is 8.15. The van der Waals surface area contributed by atoms with E-state index in [1.165, 1.54) is 43.2 Å². The van der Waals surface area contributed by atoms with Crippen molar-refractivity contribution in [1.82, 2.24) is 4.90 Å². The SMILES string of the molecule is COc1ccc(CN)cc1CN(C)C1CCCCC1. The first-order valence-corrected chi connectivity index (χ1v) is 7.30. The number of methoxy groups -OCH3 is 1. The molecule has 106 valence electrons. The van der Waals surface area contributed by atoms with Crippen LogP contribution in [0.5, 0.6) is 5.75 Å². The molecule has 2 rings (SSSR count). The van der Waals surface area contributed by atoms with Crippen molar-refractivity contribution < 1.29 is 4.74 Å². The van der Waals surface area contributed by atoms with E-state index in [2.05, 4.69) is 18.0 Å². The molecule has 1 aliphatic carbocycles. The molecule has 0 heterocycles. The molecular formula is C16H26N2O. The summed E-state index contributed by atoms with van der Waals surface area (Å²) in [6, 6.07) is 6.98. The number of nitrogens with zero attached hydrogens (tertiary/aromatic N) is 1. The zero-order chi connectivity index (χ0) is 13.7. The minimum Gasteiger partial charge on any atom is -0.496 e. The summed E-state index contributed by atoms with van der Waals surface area (Å²) in [6.07, 6.45) is 6.80. The van der Waals surface area contributed by atoms with Gasteiger partial charge in [0, 0.05) is 24.7 Å². The second kappa shape index (κ2) is 6.92. The van der Waals surface area contributed by atoms with Crippen molar-refractivity contribution in [1.29, 1.82) is 0 Å². The lowest BCUT2D eigenvalue weighted by atomic mass is 9.94. The van der Waals surface area contributed by atoms with Crippen LogP contribution in [-0.2, 0) is 13.1 Å². The van der Waals surface area contributed by atoms with Crippen molar-refractivity contribution in [3.05, 3.63) is 29.3 Å². The number of hydrogen-bond acceptors (Lipinski definition) is 3. The van der Waals surface area contributed by atoms with Gasteiger partial charge in [0.05, 0.1) is 7.11 Å². The van der Waals surface area contributed by atoms with E-state index < -0.39 is 0 Å². The van der Waals surface area contributed by atoms with E-state index in [9.17, 15) is 0 Å². The van der Waals surface area contributed by atoms with Crippen LogP contribution in [0.4, 0.5) is 0 Å². The molecule has 0 bridgehead atoms. The van der Waals surface area contributed by atoms with Crippen LogP contribution in [-0.4, -0.2) is 25.1 Å². The van der Waals surface area contributed by atoms with Crippen molar-refractivity contribution in [2.24, 2.45) is 5.73 Å². The summed E-state index contributed by atoms with van der Waals surface area (Å²) in [6.45, 7) is 1.53. The second-order valence-electron chi connectivity index (χ2n) is 5.56. The van der Waals surface area contributed by atoms with E-state index in [4.69, 9.17) is 10.5 Å². The summed E-state index contributed by atoms with van der Waals surface area (Å²) < 4.78 is 5.47. The molecule has 0 radical (unpaired) electrons. The van der Waals surface area contributed by atoms with Gasteiger partial charge < -0.3 is 10.5 Å². The number of nitrogens with two attached hydrogens (primary N) is 1. The van der Waals surface area contributed by atoms with Crippen molar-refractivity contribution in [3.8, 4) is 5.75 Å². The Balaban J connectivity index is 2.07. The summed E-state index contributed by atoms with van der Waals surface area (Å²) in [5, 5.41) is 0. The average molecular weight is 262 g/mol. The van der Waals surface area contributed by atoms with E-state index in [1.807, 2.05) is 12.1 Å². The van der Waals surface area contributed by atoms with Gasteiger partial charge in [-0.3, -0.25) is 4.90 Å². The van der Waals surface area contributed by atoms with Gasteiger partial charge in [-0.15, -0.1) is 0 Å². The fourth-order valence-electron chi connectivity index (χ4n) is 3.00. The van der Waals surface area contributed by atoms with E-state index in [0.717, 1.165) is 18.3 Å². The zero-order valence-electron chi connectivity index (χ0n) is 12.2. The third kappa shape index (κ3) is 3.71. The topological polar surface area (TPSA) is 38.5 Å². The van der Waals surface area contributed by atoms with E-state index in [0.29, 0.717) is 6.54 Å². The molecule has 0 aromatic heterocycles. The van der Waals surface area contributed by atoms with Gasteiger partial charge in [-0.2, -0.15) is 0 Å². The summed E-state index contributed by atoms with van der Waals surface area (Å²) in [4.78, 5) is 2.47. The Labute approximate surface area is 116 Å². The molecule has 1 aromatic carbocycles. The van der Waals surface area contributed by atoms with Crippen molar-refractivity contribution >= 4 is 0 Å². The third-order valence-electron chi connectivity index (χ3n) is 4.20. The fraction of sp³-hybridized carbons (Fsp3) is 0.625. The van der Waals surface area contributed by atoms with Gasteiger partial charge >= 0.3 is 0 Å². The summed E-state index contributed by atoms with van der Waals surface area (Å²) >= 11 is 0. The quantitative estimate of drug-likeness (QED) is 0.886. The highest BCUT2D eigenvalue weighted by molar-refractivity contribution is 5.37. The molecule has 2 N–H and O–H groups in total. The highest BCUT2D eigenvalue weighted by atomic mass is 16.5. The largest absolute Gasteiger partial charge is 0.496 e. The first-order valence-electron chi connectivity index (χ1n) is 7.30. The Hall–Kier alpha value is -1.06. The molecule has 0 aliphatic heterocycles. The molecule has 0 spiro atoms. The standard InChI is InChI=1S/C16H26N2O/c1-18(15-6-4-3-5-7-15)12-14-10-13(11-17)8-9-16(14)19-2/h8-10,15H,3-7,11-12,17H2,1-2H3. The van der Waals surface area contributed by atoms with Gasteiger partial charge in [0.25, 0.3) is 0 Å². The minimum atomic E-state index is 0.587. The Morgan fingerprint density at radius 3 is 2.63 bits per heavy atom. The lowest BCUT2D eigenvalue weighted by Crippen LogP contribution is -2.33. The molecule has 3 heteroatoms. The summed E-state index contributed by atoms with van der Waals surface area (Å²) in [5.74, 6) is 0.972. The molecule has 1 fully saturated rings. The average Bonchev–Trinajstić information content (AvgIpc) is 2.48. The predicted octanol–water partition coefficient (Wildman–Crippen LogP) is 2.92. The minimum absolute atomic E-state index is 0.587. The maximum absolute atomic E-state index is 5.73. The third-order valence-corrected chi connectivity index (χ3v) is 4.20. The maximum atomic E-state index is 5.73. The van der Waals surface area contributed by atoms with Crippen LogP contribution in [0.1, 0.15) is 43.2 Å². The molecule has 3 nitrogen and oxygen atoms in total. The van der Waals surface area contributed by atoms with Crippen LogP contribution >= 0.6 is 0 Å². The Kier molecular flexibility index (Phi) is 5.23.